The summed E-state index contributed by atoms with van der Waals surface area (Å²) in [4.78, 5) is 11.5. The molecule has 2 aliphatic carbocycles. The zero-order chi connectivity index (χ0) is 10.5. The molecule has 0 aromatic rings. The Hall–Kier alpha value is -0.570. The summed E-state index contributed by atoms with van der Waals surface area (Å²) >= 11 is 0. The van der Waals surface area contributed by atoms with Crippen molar-refractivity contribution in [1.82, 2.24) is 0 Å². The molecule has 0 radical (unpaired) electrons. The van der Waals surface area contributed by atoms with Crippen LogP contribution in [0.3, 0.4) is 0 Å². The number of carbonyl (C=O) groups is 1. The summed E-state index contributed by atoms with van der Waals surface area (Å²) in [5.41, 5.74) is -0.806. The summed E-state index contributed by atoms with van der Waals surface area (Å²) in [6.45, 7) is 0.639. The minimum atomic E-state index is -0.806. The number of hydrogen-bond donors (Lipinski definition) is 1. The quantitative estimate of drug-likeness (QED) is 0.758. The summed E-state index contributed by atoms with van der Waals surface area (Å²) in [6.07, 6.45) is 6.54. The molecule has 3 aliphatic rings. The fourth-order valence-corrected chi connectivity index (χ4v) is 4.10. The second-order valence-electron chi connectivity index (χ2n) is 5.43. The van der Waals surface area contributed by atoms with E-state index in [0.717, 1.165) is 25.2 Å². The number of ether oxygens (including phenoxy) is 1. The smallest absolute Gasteiger partial charge is 0.336 e. The average molecular weight is 210 g/mol. The van der Waals surface area contributed by atoms with E-state index in [1.807, 2.05) is 0 Å². The monoisotopic (exact) mass is 210 g/mol. The molecule has 3 heteroatoms. The summed E-state index contributed by atoms with van der Waals surface area (Å²) in [5, 5.41) is 9.43. The summed E-state index contributed by atoms with van der Waals surface area (Å²) in [7, 11) is 0. The molecule has 4 atom stereocenters. The highest BCUT2D eigenvalue weighted by molar-refractivity contribution is 5.78. The van der Waals surface area contributed by atoms with E-state index in [4.69, 9.17) is 4.74 Å². The average Bonchev–Trinajstić information content (AvgIpc) is 2.94. The highest BCUT2D eigenvalue weighted by Crippen LogP contribution is 2.55. The fraction of sp³-hybridized carbons (Fsp3) is 0.917. The third-order valence-electron chi connectivity index (χ3n) is 4.75. The Morgan fingerprint density at radius 1 is 1.33 bits per heavy atom. The number of carboxylic acid groups (broad SMARTS) is 1. The van der Waals surface area contributed by atoms with Crippen LogP contribution >= 0.6 is 0 Å². The van der Waals surface area contributed by atoms with Gasteiger partial charge in [-0.3, -0.25) is 0 Å². The first-order chi connectivity index (χ1) is 7.22. The molecule has 0 aromatic heterocycles. The molecule has 84 valence electrons. The lowest BCUT2D eigenvalue weighted by molar-refractivity contribution is -0.169. The van der Waals surface area contributed by atoms with Crippen molar-refractivity contribution in [1.29, 1.82) is 0 Å². The van der Waals surface area contributed by atoms with Crippen LogP contribution in [-0.2, 0) is 9.53 Å². The highest BCUT2D eigenvalue weighted by Gasteiger charge is 2.56. The first-order valence-corrected chi connectivity index (χ1v) is 6.10. The second-order valence-corrected chi connectivity index (χ2v) is 5.43. The van der Waals surface area contributed by atoms with E-state index in [1.165, 1.54) is 19.3 Å². The maximum atomic E-state index is 11.5. The number of hydrogen-bond acceptors (Lipinski definition) is 2. The topological polar surface area (TPSA) is 46.5 Å². The van der Waals surface area contributed by atoms with Crippen molar-refractivity contribution < 1.29 is 14.6 Å². The first kappa shape index (κ1) is 9.64. The van der Waals surface area contributed by atoms with Crippen LogP contribution in [0.1, 0.15) is 38.5 Å². The molecule has 3 fully saturated rings. The molecular formula is C12H18O3. The lowest BCUT2D eigenvalue weighted by Gasteiger charge is -2.35. The zero-order valence-corrected chi connectivity index (χ0v) is 8.95. The third kappa shape index (κ3) is 1.25. The molecule has 3 nitrogen and oxygen atoms in total. The number of aliphatic carboxylic acids is 1. The Kier molecular flexibility index (Phi) is 2.06. The molecule has 0 spiro atoms. The third-order valence-corrected chi connectivity index (χ3v) is 4.75. The molecule has 4 unspecified atom stereocenters. The van der Waals surface area contributed by atoms with Crippen LogP contribution in [0.5, 0.6) is 0 Å². The van der Waals surface area contributed by atoms with Crippen molar-refractivity contribution in [2.24, 2.45) is 17.8 Å². The minimum absolute atomic E-state index is 0.302. The van der Waals surface area contributed by atoms with Gasteiger partial charge >= 0.3 is 5.97 Å². The Balaban J connectivity index is 1.87. The summed E-state index contributed by atoms with van der Waals surface area (Å²) < 4.78 is 5.64. The molecule has 2 saturated carbocycles. The van der Waals surface area contributed by atoms with Crippen LogP contribution in [-0.4, -0.2) is 23.3 Å². The van der Waals surface area contributed by atoms with Crippen LogP contribution in [0.25, 0.3) is 0 Å². The van der Waals surface area contributed by atoms with Crippen LogP contribution < -0.4 is 0 Å². The largest absolute Gasteiger partial charge is 0.479 e. The molecule has 1 saturated heterocycles. The summed E-state index contributed by atoms with van der Waals surface area (Å²) in [6, 6.07) is 0. The van der Waals surface area contributed by atoms with Gasteiger partial charge in [-0.2, -0.15) is 0 Å². The maximum Gasteiger partial charge on any atom is 0.336 e. The van der Waals surface area contributed by atoms with Crippen LogP contribution in [0.15, 0.2) is 0 Å². The van der Waals surface area contributed by atoms with E-state index in [-0.39, 0.29) is 0 Å². The molecule has 15 heavy (non-hydrogen) atoms. The van der Waals surface area contributed by atoms with Crippen LogP contribution in [0.4, 0.5) is 0 Å². The zero-order valence-electron chi connectivity index (χ0n) is 8.95. The molecule has 0 amide bonds. The lowest BCUT2D eigenvalue weighted by Crippen LogP contribution is -2.47. The van der Waals surface area contributed by atoms with E-state index in [9.17, 15) is 9.90 Å². The van der Waals surface area contributed by atoms with Crippen LogP contribution in [0, 0.1) is 17.8 Å². The van der Waals surface area contributed by atoms with E-state index in [2.05, 4.69) is 0 Å². The Morgan fingerprint density at radius 2 is 2.20 bits per heavy atom. The number of rotatable bonds is 2. The summed E-state index contributed by atoms with van der Waals surface area (Å²) in [5.74, 6) is 1.01. The van der Waals surface area contributed by atoms with Gasteiger partial charge in [0, 0.05) is 12.5 Å². The maximum absolute atomic E-state index is 11.5. The van der Waals surface area contributed by atoms with E-state index >= 15 is 0 Å². The second kappa shape index (κ2) is 3.21. The van der Waals surface area contributed by atoms with Gasteiger partial charge in [0.1, 0.15) is 0 Å². The molecule has 2 bridgehead atoms. The van der Waals surface area contributed by atoms with E-state index in [1.54, 1.807) is 0 Å². The highest BCUT2D eigenvalue weighted by atomic mass is 16.5. The van der Waals surface area contributed by atoms with Crippen molar-refractivity contribution >= 4 is 5.97 Å². The Labute approximate surface area is 89.8 Å². The van der Waals surface area contributed by atoms with Gasteiger partial charge in [-0.15, -0.1) is 0 Å². The van der Waals surface area contributed by atoms with E-state index < -0.39 is 11.6 Å². The van der Waals surface area contributed by atoms with Gasteiger partial charge in [0.05, 0.1) is 0 Å². The van der Waals surface area contributed by atoms with Gasteiger partial charge in [0.2, 0.25) is 0 Å². The van der Waals surface area contributed by atoms with Gasteiger partial charge in [-0.25, -0.2) is 4.79 Å². The molecular weight excluding hydrogens is 192 g/mol. The van der Waals surface area contributed by atoms with Crippen molar-refractivity contribution in [3.8, 4) is 0 Å². The van der Waals surface area contributed by atoms with Crippen molar-refractivity contribution in [3.63, 3.8) is 0 Å². The minimum Gasteiger partial charge on any atom is -0.479 e. The van der Waals surface area contributed by atoms with Crippen molar-refractivity contribution in [2.45, 2.75) is 44.1 Å². The van der Waals surface area contributed by atoms with Gasteiger partial charge < -0.3 is 9.84 Å². The Bertz CT molecular complexity index is 281. The van der Waals surface area contributed by atoms with Crippen LogP contribution in [0.2, 0.25) is 0 Å². The first-order valence-electron chi connectivity index (χ1n) is 6.10. The van der Waals surface area contributed by atoms with Gasteiger partial charge in [-0.1, -0.05) is 6.42 Å². The van der Waals surface area contributed by atoms with Gasteiger partial charge in [0.15, 0.2) is 5.60 Å². The molecule has 0 aromatic carbocycles. The predicted octanol–water partition coefficient (Wildman–Crippen LogP) is 2.06. The standard InChI is InChI=1S/C12H18O3/c13-11(14)12(4-1-5-15-12)10-7-8-2-3-9(10)6-8/h8-10H,1-7H2,(H,13,14). The predicted molar refractivity (Wildman–Crippen MR) is 54.5 cm³/mol. The SMILES string of the molecule is O=C(O)C1(C2CC3CCC2C3)CCCO1. The Morgan fingerprint density at radius 3 is 2.67 bits per heavy atom. The normalized spacial score (nSPS) is 48.7. The van der Waals surface area contributed by atoms with Gasteiger partial charge in [-0.05, 0) is 43.9 Å². The molecule has 1 aliphatic heterocycles. The lowest BCUT2D eigenvalue weighted by atomic mass is 9.75. The fourth-order valence-electron chi connectivity index (χ4n) is 4.10. The number of fused-ring (bicyclic) bond motifs is 2. The van der Waals surface area contributed by atoms with Crippen molar-refractivity contribution in [2.75, 3.05) is 6.61 Å². The molecule has 1 N–H and O–H groups in total. The van der Waals surface area contributed by atoms with E-state index in [0.29, 0.717) is 18.4 Å². The van der Waals surface area contributed by atoms with Gasteiger partial charge in [0.25, 0.3) is 0 Å². The molecule has 3 rings (SSSR count). The van der Waals surface area contributed by atoms with Crippen molar-refractivity contribution in [3.05, 3.63) is 0 Å². The number of carboxylic acids is 1. The molecule has 1 heterocycles.